The lowest BCUT2D eigenvalue weighted by molar-refractivity contribution is 0.102. The number of amides is 1. The summed E-state index contributed by atoms with van der Waals surface area (Å²) in [7, 11) is 0. The minimum Gasteiger partial charge on any atom is -0.366 e. The quantitative estimate of drug-likeness (QED) is 0.828. The molecular weight excluding hydrogens is 300 g/mol. The van der Waals surface area contributed by atoms with E-state index in [9.17, 15) is 4.79 Å². The Bertz CT molecular complexity index is 659. The van der Waals surface area contributed by atoms with E-state index in [-0.39, 0.29) is 5.91 Å². The molecule has 2 N–H and O–H groups in total. The van der Waals surface area contributed by atoms with Crippen LogP contribution >= 0.6 is 0 Å². The van der Waals surface area contributed by atoms with Gasteiger partial charge in [-0.3, -0.25) is 4.79 Å². The lowest BCUT2D eigenvalue weighted by Crippen LogP contribution is -2.20. The average molecular weight is 324 g/mol. The van der Waals surface area contributed by atoms with Gasteiger partial charge in [0.2, 0.25) is 0 Å². The number of carbonyl (C=O) groups excluding carboxylic acids is 1. The van der Waals surface area contributed by atoms with Gasteiger partial charge in [-0.25, -0.2) is 0 Å². The van der Waals surface area contributed by atoms with Crippen LogP contribution in [0.15, 0.2) is 36.4 Å². The second-order valence-electron chi connectivity index (χ2n) is 6.46. The van der Waals surface area contributed by atoms with Crippen molar-refractivity contribution in [2.45, 2.75) is 51.5 Å². The minimum atomic E-state index is -0.243. The highest BCUT2D eigenvalue weighted by molar-refractivity contribution is 6.02. The summed E-state index contributed by atoms with van der Waals surface area (Å²) in [5.74, 6) is 0.501. The maximum atomic E-state index is 12.2. The molecule has 1 saturated carbocycles. The van der Waals surface area contributed by atoms with Gasteiger partial charge in [-0.2, -0.15) is 0 Å². The fourth-order valence-electron chi connectivity index (χ4n) is 3.00. The fourth-order valence-corrected chi connectivity index (χ4v) is 3.00. The first-order valence-electron chi connectivity index (χ1n) is 8.69. The van der Waals surface area contributed by atoms with Crippen LogP contribution in [0.1, 0.15) is 54.6 Å². The van der Waals surface area contributed by atoms with Gasteiger partial charge >= 0.3 is 0 Å². The van der Waals surface area contributed by atoms with Gasteiger partial charge in [0.1, 0.15) is 5.82 Å². The highest BCUT2D eigenvalue weighted by atomic mass is 16.1. The second-order valence-corrected chi connectivity index (χ2v) is 6.46. The van der Waals surface area contributed by atoms with Gasteiger partial charge in [-0.1, -0.05) is 43.4 Å². The lowest BCUT2D eigenvalue weighted by Gasteiger charge is -2.16. The Morgan fingerprint density at radius 2 is 1.67 bits per heavy atom. The van der Waals surface area contributed by atoms with Gasteiger partial charge in [-0.15, -0.1) is 10.2 Å². The molecule has 24 heavy (non-hydrogen) atoms. The topological polar surface area (TPSA) is 66.9 Å². The van der Waals surface area contributed by atoms with E-state index >= 15 is 0 Å². The van der Waals surface area contributed by atoms with Gasteiger partial charge in [-0.05, 0) is 44.0 Å². The normalized spacial score (nSPS) is 15.5. The molecule has 1 aromatic heterocycles. The maximum absolute atomic E-state index is 12.2. The van der Waals surface area contributed by atoms with Gasteiger partial charge in [0.05, 0.1) is 0 Å². The Labute approximate surface area is 142 Å². The Morgan fingerprint density at radius 3 is 2.29 bits per heavy atom. The van der Waals surface area contributed by atoms with Crippen LogP contribution in [0, 0.1) is 6.92 Å². The predicted octanol–water partition coefficient (Wildman–Crippen LogP) is 4.17. The molecule has 5 heteroatoms. The van der Waals surface area contributed by atoms with Crippen molar-refractivity contribution < 1.29 is 4.79 Å². The largest absolute Gasteiger partial charge is 0.366 e. The first-order chi connectivity index (χ1) is 11.7. The summed E-state index contributed by atoms with van der Waals surface area (Å²) in [5, 5.41) is 14.5. The van der Waals surface area contributed by atoms with Crippen molar-refractivity contribution >= 4 is 17.4 Å². The molecule has 126 valence electrons. The Morgan fingerprint density at radius 1 is 0.958 bits per heavy atom. The Kier molecular flexibility index (Phi) is 5.41. The number of hydrogen-bond donors (Lipinski definition) is 2. The number of aryl methyl sites for hydroxylation is 1. The molecular formula is C19H24N4O. The van der Waals surface area contributed by atoms with E-state index in [0.29, 0.717) is 11.7 Å². The first-order valence-corrected chi connectivity index (χ1v) is 8.69. The molecule has 1 aliphatic carbocycles. The summed E-state index contributed by atoms with van der Waals surface area (Å²) >= 11 is 0. The predicted molar refractivity (Wildman–Crippen MR) is 96.3 cm³/mol. The number of nitrogens with one attached hydrogen (secondary N) is 2. The molecule has 1 heterocycles. The van der Waals surface area contributed by atoms with Crippen LogP contribution < -0.4 is 10.6 Å². The van der Waals surface area contributed by atoms with E-state index in [1.54, 1.807) is 6.07 Å². The van der Waals surface area contributed by atoms with Crippen LogP contribution in [-0.4, -0.2) is 22.1 Å². The molecule has 0 unspecified atom stereocenters. The van der Waals surface area contributed by atoms with Crippen molar-refractivity contribution in [2.75, 3.05) is 10.6 Å². The van der Waals surface area contributed by atoms with Crippen LogP contribution in [0.3, 0.4) is 0 Å². The van der Waals surface area contributed by atoms with Crippen molar-refractivity contribution in [3.8, 4) is 0 Å². The van der Waals surface area contributed by atoms with E-state index in [2.05, 4.69) is 20.8 Å². The van der Waals surface area contributed by atoms with Crippen LogP contribution in [0.4, 0.5) is 11.5 Å². The number of hydrogen-bond acceptors (Lipinski definition) is 4. The molecule has 1 amide bonds. The van der Waals surface area contributed by atoms with Crippen LogP contribution in [0.5, 0.6) is 0 Å². The van der Waals surface area contributed by atoms with Crippen molar-refractivity contribution in [3.63, 3.8) is 0 Å². The number of benzene rings is 1. The monoisotopic (exact) mass is 324 g/mol. The number of rotatable bonds is 4. The molecule has 0 saturated heterocycles. The van der Waals surface area contributed by atoms with Crippen molar-refractivity contribution in [3.05, 3.63) is 47.7 Å². The lowest BCUT2D eigenvalue weighted by atomic mass is 10.1. The molecule has 3 rings (SSSR count). The summed E-state index contributed by atoms with van der Waals surface area (Å²) in [6.07, 6.45) is 7.53. The smallest absolute Gasteiger partial charge is 0.276 e. The highest BCUT2D eigenvalue weighted by Crippen LogP contribution is 2.20. The van der Waals surface area contributed by atoms with Crippen LogP contribution in [0.2, 0.25) is 0 Å². The SMILES string of the molecule is Cc1ccc(NC(=O)c2ccc(NC3CCCCCC3)nn2)cc1. The number of nitrogens with zero attached hydrogens (tertiary/aromatic N) is 2. The molecule has 1 aromatic carbocycles. The third-order valence-corrected chi connectivity index (χ3v) is 4.41. The Balaban J connectivity index is 1.58. The van der Waals surface area contributed by atoms with E-state index in [0.717, 1.165) is 17.1 Å². The zero-order valence-corrected chi connectivity index (χ0v) is 14.1. The van der Waals surface area contributed by atoms with Gasteiger partial charge in [0.15, 0.2) is 5.69 Å². The van der Waals surface area contributed by atoms with Crippen LogP contribution in [0.25, 0.3) is 0 Å². The molecule has 1 fully saturated rings. The number of anilines is 2. The third-order valence-electron chi connectivity index (χ3n) is 4.41. The minimum absolute atomic E-state index is 0.243. The molecule has 2 aromatic rings. The van der Waals surface area contributed by atoms with E-state index in [1.165, 1.54) is 38.5 Å². The zero-order chi connectivity index (χ0) is 16.8. The standard InChI is InChI=1S/C19H24N4O/c1-14-8-10-16(11-9-14)21-19(24)17-12-13-18(23-22-17)20-15-6-4-2-3-5-7-15/h8-13,15H,2-7H2,1H3,(H,20,23)(H,21,24). The molecule has 0 spiro atoms. The van der Waals surface area contributed by atoms with Gasteiger partial charge in [0.25, 0.3) is 5.91 Å². The second kappa shape index (κ2) is 7.90. The summed E-state index contributed by atoms with van der Waals surface area (Å²) < 4.78 is 0. The summed E-state index contributed by atoms with van der Waals surface area (Å²) in [5.41, 5.74) is 2.23. The van der Waals surface area contributed by atoms with E-state index < -0.39 is 0 Å². The highest BCUT2D eigenvalue weighted by Gasteiger charge is 2.13. The number of carbonyl (C=O) groups is 1. The maximum Gasteiger partial charge on any atom is 0.276 e. The molecule has 0 atom stereocenters. The fraction of sp³-hybridized carbons (Fsp3) is 0.421. The Hall–Kier alpha value is -2.43. The van der Waals surface area contributed by atoms with Crippen molar-refractivity contribution in [2.24, 2.45) is 0 Å². The molecule has 5 nitrogen and oxygen atoms in total. The summed E-state index contributed by atoms with van der Waals surface area (Å²) in [4.78, 5) is 12.2. The molecule has 1 aliphatic rings. The average Bonchev–Trinajstić information content (AvgIpc) is 2.86. The third kappa shape index (κ3) is 4.54. The number of aromatic nitrogens is 2. The molecule has 0 bridgehead atoms. The van der Waals surface area contributed by atoms with E-state index in [4.69, 9.17) is 0 Å². The first kappa shape index (κ1) is 16.4. The van der Waals surface area contributed by atoms with E-state index in [1.807, 2.05) is 37.3 Å². The molecule has 0 radical (unpaired) electrons. The molecule has 0 aliphatic heterocycles. The van der Waals surface area contributed by atoms with Crippen molar-refractivity contribution in [1.82, 2.24) is 10.2 Å². The van der Waals surface area contributed by atoms with Crippen LogP contribution in [-0.2, 0) is 0 Å². The zero-order valence-electron chi connectivity index (χ0n) is 14.1. The van der Waals surface area contributed by atoms with Gasteiger partial charge < -0.3 is 10.6 Å². The van der Waals surface area contributed by atoms with Crippen molar-refractivity contribution in [1.29, 1.82) is 0 Å². The summed E-state index contributed by atoms with van der Waals surface area (Å²) in [6.45, 7) is 2.01. The van der Waals surface area contributed by atoms with Gasteiger partial charge in [0, 0.05) is 11.7 Å². The summed E-state index contributed by atoms with van der Waals surface area (Å²) in [6, 6.07) is 11.7.